The lowest BCUT2D eigenvalue weighted by atomic mass is 9.89. The van der Waals surface area contributed by atoms with E-state index in [0.29, 0.717) is 18.9 Å². The first-order valence-corrected chi connectivity index (χ1v) is 9.28. The number of hydrogen-bond acceptors (Lipinski definition) is 4. The van der Waals surface area contributed by atoms with E-state index in [2.05, 4.69) is 10.4 Å². The van der Waals surface area contributed by atoms with Crippen molar-refractivity contribution in [1.82, 2.24) is 19.9 Å². The highest BCUT2D eigenvalue weighted by Gasteiger charge is 2.41. The predicted molar refractivity (Wildman–Crippen MR) is 97.0 cm³/mol. The quantitative estimate of drug-likeness (QED) is 0.687. The summed E-state index contributed by atoms with van der Waals surface area (Å²) in [6.07, 6.45) is 5.23. The molecule has 2 aliphatic rings. The van der Waals surface area contributed by atoms with E-state index in [1.54, 1.807) is 6.07 Å². The number of carboxylic acids is 1. The number of aromatic nitrogens is 1. The van der Waals surface area contributed by atoms with E-state index in [1.807, 2.05) is 0 Å². The van der Waals surface area contributed by atoms with Gasteiger partial charge in [0.15, 0.2) is 0 Å². The summed E-state index contributed by atoms with van der Waals surface area (Å²) in [6.45, 7) is 1.24. The maximum atomic E-state index is 12.9. The molecule has 146 valence electrons. The summed E-state index contributed by atoms with van der Waals surface area (Å²) in [5.74, 6) is -0.621. The Kier molecular flexibility index (Phi) is 5.59. The fourth-order valence-electron chi connectivity index (χ4n) is 3.83. The zero-order chi connectivity index (χ0) is 19.4. The molecule has 0 atom stereocenters. The Balaban J connectivity index is 1.83. The first kappa shape index (κ1) is 19.1. The molecule has 2 fully saturated rings. The molecule has 9 nitrogen and oxygen atoms in total. The van der Waals surface area contributed by atoms with Gasteiger partial charge in [-0.1, -0.05) is 19.3 Å². The Morgan fingerprint density at radius 2 is 1.74 bits per heavy atom. The summed E-state index contributed by atoms with van der Waals surface area (Å²) in [6, 6.07) is 3.06. The summed E-state index contributed by atoms with van der Waals surface area (Å²) in [5, 5.41) is 18.3. The number of aromatic carboxylic acids is 1. The van der Waals surface area contributed by atoms with E-state index in [-0.39, 0.29) is 35.1 Å². The third kappa shape index (κ3) is 4.19. The van der Waals surface area contributed by atoms with Crippen molar-refractivity contribution in [3.8, 4) is 0 Å². The predicted octanol–water partition coefficient (Wildman–Crippen LogP) is 1.69. The van der Waals surface area contributed by atoms with Crippen molar-refractivity contribution in [2.75, 3.05) is 26.2 Å². The van der Waals surface area contributed by atoms with E-state index in [9.17, 15) is 19.5 Å². The van der Waals surface area contributed by atoms with E-state index in [0.717, 1.165) is 32.1 Å². The lowest BCUT2D eigenvalue weighted by molar-refractivity contribution is -0.131. The highest BCUT2D eigenvalue weighted by atomic mass is 16.4. The maximum absolute atomic E-state index is 12.9. The summed E-state index contributed by atoms with van der Waals surface area (Å²) in [7, 11) is 0. The molecular weight excluding hydrogens is 352 g/mol. The van der Waals surface area contributed by atoms with Crippen molar-refractivity contribution in [3.63, 3.8) is 0 Å². The molecule has 0 radical (unpaired) electrons. The number of carbonyl (C=O) groups excluding carboxylic acids is 1. The molecule has 0 spiro atoms. The van der Waals surface area contributed by atoms with Crippen LogP contribution in [0.15, 0.2) is 18.3 Å². The molecule has 0 bridgehead atoms. The van der Waals surface area contributed by atoms with Crippen LogP contribution in [0.5, 0.6) is 0 Å². The van der Waals surface area contributed by atoms with Crippen LogP contribution in [-0.4, -0.2) is 64.2 Å². The monoisotopic (exact) mass is 377 g/mol. The average Bonchev–Trinajstić information content (AvgIpc) is 2.69. The lowest BCUT2D eigenvalue weighted by Gasteiger charge is -2.42. The maximum Gasteiger partial charge on any atom is 0.407 e. The molecule has 1 aromatic rings. The third-order valence-electron chi connectivity index (χ3n) is 5.51. The topological polar surface area (TPSA) is 120 Å². The Morgan fingerprint density at radius 3 is 2.26 bits per heavy atom. The minimum atomic E-state index is -1.07. The van der Waals surface area contributed by atoms with Crippen LogP contribution in [-0.2, 0) is 4.79 Å². The summed E-state index contributed by atoms with van der Waals surface area (Å²) in [5.41, 5.74) is 3.16. The lowest BCUT2D eigenvalue weighted by Crippen LogP contribution is -2.70. The van der Waals surface area contributed by atoms with Crippen LogP contribution < -0.4 is 10.0 Å². The first-order valence-electron chi connectivity index (χ1n) is 9.28. The van der Waals surface area contributed by atoms with Crippen LogP contribution in [0.2, 0.25) is 0 Å². The fourth-order valence-corrected chi connectivity index (χ4v) is 3.83. The van der Waals surface area contributed by atoms with Crippen molar-refractivity contribution in [2.45, 2.75) is 32.1 Å². The van der Waals surface area contributed by atoms with Gasteiger partial charge in [-0.3, -0.25) is 9.69 Å². The van der Waals surface area contributed by atoms with Crippen molar-refractivity contribution in [2.24, 2.45) is 5.92 Å². The minimum Gasteiger partial charge on any atom is -0.478 e. The van der Waals surface area contributed by atoms with Crippen molar-refractivity contribution in [3.05, 3.63) is 23.9 Å². The van der Waals surface area contributed by atoms with E-state index in [1.165, 1.54) is 17.2 Å². The van der Waals surface area contributed by atoms with Crippen LogP contribution in [0, 0.1) is 5.92 Å². The van der Waals surface area contributed by atoms with Gasteiger partial charge in [0.05, 0.1) is 18.7 Å². The second-order valence-corrected chi connectivity index (χ2v) is 7.21. The molecule has 1 aromatic heterocycles. The van der Waals surface area contributed by atoms with E-state index in [4.69, 9.17) is 5.11 Å². The first-order chi connectivity index (χ1) is 12.9. The van der Waals surface area contributed by atoms with Crippen molar-refractivity contribution >= 4 is 23.8 Å². The van der Waals surface area contributed by atoms with Crippen molar-refractivity contribution < 1.29 is 24.6 Å². The molecule has 1 aliphatic heterocycles. The molecule has 2 heterocycles. The molecule has 0 aromatic carbocycles. The van der Waals surface area contributed by atoms with Crippen molar-refractivity contribution in [1.29, 1.82) is 0 Å². The second kappa shape index (κ2) is 7.91. The van der Waals surface area contributed by atoms with Gasteiger partial charge in [-0.25, -0.2) is 14.6 Å². The largest absolute Gasteiger partial charge is 0.478 e. The van der Waals surface area contributed by atoms with Crippen LogP contribution >= 0.6 is 0 Å². The number of amides is 2. The number of carboxylic acid groups (broad SMARTS) is 2. The van der Waals surface area contributed by atoms with Gasteiger partial charge in [0, 0.05) is 18.2 Å². The van der Waals surface area contributed by atoms with Gasteiger partial charge < -0.3 is 10.2 Å². The van der Waals surface area contributed by atoms with Crippen LogP contribution in [0.25, 0.3) is 0 Å². The smallest absolute Gasteiger partial charge is 0.407 e. The van der Waals surface area contributed by atoms with Gasteiger partial charge in [0.25, 0.3) is 11.7 Å². The number of quaternary nitrogens is 1. The van der Waals surface area contributed by atoms with Gasteiger partial charge in [0.2, 0.25) is 0 Å². The molecule has 0 unspecified atom stereocenters. The minimum absolute atomic E-state index is 0.0375. The Hall–Kier alpha value is -2.68. The molecule has 9 heteroatoms. The summed E-state index contributed by atoms with van der Waals surface area (Å²) < 4.78 is 0.0407. The van der Waals surface area contributed by atoms with Gasteiger partial charge in [-0.2, -0.15) is 10.0 Å². The molecule has 2 amide bonds. The number of carbonyl (C=O) groups is 3. The average molecular weight is 377 g/mol. The number of nitrogens with one attached hydrogen (secondary N) is 1. The molecule has 3 rings (SSSR count). The fraction of sp³-hybridized carbons (Fsp3) is 0.556. The number of hydrogen-bond donors (Lipinski definition) is 3. The molecule has 3 N–H and O–H groups in total. The standard InChI is InChI=1S/C18H24N4O5/c23-16(13-4-2-1-3-5-13)20-22(10-8-21(9-11-22)18(26)27)15-7-6-14(12-19-15)17(24)25/h6-7,12-13H,1-5,8-11H2,(H2-,20,23,24,25,26,27)/p+1. The number of nitrogens with zero attached hydrogens (tertiary/aromatic N) is 3. The number of pyridine rings is 1. The summed E-state index contributed by atoms with van der Waals surface area (Å²) in [4.78, 5) is 40.8. The van der Waals surface area contributed by atoms with Gasteiger partial charge in [-0.15, -0.1) is 0 Å². The molecule has 1 aliphatic carbocycles. The highest BCUT2D eigenvalue weighted by Crippen LogP contribution is 2.26. The van der Waals surface area contributed by atoms with E-state index >= 15 is 0 Å². The molecule has 1 saturated heterocycles. The normalized spacial score (nSPS) is 20.1. The molecule has 1 saturated carbocycles. The van der Waals surface area contributed by atoms with Crippen LogP contribution in [0.4, 0.5) is 10.6 Å². The summed E-state index contributed by atoms with van der Waals surface area (Å²) >= 11 is 0. The van der Waals surface area contributed by atoms with Gasteiger partial charge in [0.1, 0.15) is 13.1 Å². The second-order valence-electron chi connectivity index (χ2n) is 7.21. The number of piperazine rings is 1. The molecule has 27 heavy (non-hydrogen) atoms. The Morgan fingerprint density at radius 1 is 1.07 bits per heavy atom. The number of rotatable bonds is 4. The Bertz CT molecular complexity index is 707. The Labute approximate surface area is 157 Å². The molecular formula is C18H25N4O5+. The SMILES string of the molecule is O=C(O)c1ccc([N+]2(NC(=O)C3CCCCC3)CCN(C(=O)O)CC2)nc1. The van der Waals surface area contributed by atoms with Crippen LogP contribution in [0.3, 0.4) is 0 Å². The van der Waals surface area contributed by atoms with Crippen LogP contribution in [0.1, 0.15) is 42.5 Å². The third-order valence-corrected chi connectivity index (χ3v) is 5.51. The van der Waals surface area contributed by atoms with Gasteiger partial charge in [-0.05, 0) is 18.9 Å². The van der Waals surface area contributed by atoms with Gasteiger partial charge >= 0.3 is 12.1 Å². The van der Waals surface area contributed by atoms with E-state index < -0.39 is 12.1 Å². The zero-order valence-electron chi connectivity index (χ0n) is 15.1. The zero-order valence-corrected chi connectivity index (χ0v) is 15.1. The highest BCUT2D eigenvalue weighted by molar-refractivity contribution is 5.87.